The zero-order valence-electron chi connectivity index (χ0n) is 21.2. The van der Waals surface area contributed by atoms with Gasteiger partial charge in [-0.1, -0.05) is 36.0 Å². The van der Waals surface area contributed by atoms with Crippen LogP contribution in [-0.4, -0.2) is 39.9 Å². The summed E-state index contributed by atoms with van der Waals surface area (Å²) in [6.45, 7) is 3.68. The number of benzene rings is 3. The molecule has 3 aromatic carbocycles. The van der Waals surface area contributed by atoms with Gasteiger partial charge >= 0.3 is 0 Å². The Morgan fingerprint density at radius 2 is 1.82 bits per heavy atom. The van der Waals surface area contributed by atoms with Crippen LogP contribution in [0, 0.1) is 22.9 Å². The Labute approximate surface area is 223 Å². The molecule has 0 amide bonds. The number of ether oxygens (including phenoxy) is 3. The number of hydrogen-bond acceptors (Lipinski definition) is 8. The number of nitrogens with zero attached hydrogens (tertiary/aromatic N) is 4. The first kappa shape index (κ1) is 26.9. The van der Waals surface area contributed by atoms with Gasteiger partial charge in [0.2, 0.25) is 6.54 Å². The molecule has 198 valence electrons. The normalized spacial score (nSPS) is 11.7. The largest absolute Gasteiger partial charge is 0.497 e. The topological polar surface area (TPSA) is 102 Å². The van der Waals surface area contributed by atoms with Gasteiger partial charge in [-0.15, -0.1) is 10.2 Å². The minimum absolute atomic E-state index is 0.0173. The second kappa shape index (κ2) is 12.4. The lowest BCUT2D eigenvalue weighted by molar-refractivity contribution is -0.479. The molecule has 0 radical (unpaired) electrons. The van der Waals surface area contributed by atoms with Gasteiger partial charge in [-0.05, 0) is 61.9 Å². The molecule has 0 unspecified atom stereocenters. The monoisotopic (exact) mass is 538 g/mol. The Kier molecular flexibility index (Phi) is 8.80. The SMILES string of the molecule is CCOc1cc([C@H](C[N+](=O)[O-])Sc2nnc(C)n2-c2ccc(OC)cc2)ccc1OCc1ccccc1F. The fourth-order valence-electron chi connectivity index (χ4n) is 3.80. The molecule has 0 N–H and O–H groups in total. The predicted molar refractivity (Wildman–Crippen MR) is 141 cm³/mol. The van der Waals surface area contributed by atoms with E-state index < -0.39 is 5.25 Å². The molecule has 4 aromatic rings. The standard InChI is InChI=1S/C27H27FN4O5S/c1-4-36-25-15-19(9-14-24(25)37-17-20-7-5-6-8-23(20)28)26(16-31(33)34)38-27-30-29-18(2)32(27)21-10-12-22(35-3)13-11-21/h5-15,26H,4,16-17H2,1-3H3/t26-/m0/s1. The van der Waals surface area contributed by atoms with Gasteiger partial charge in [-0.3, -0.25) is 14.7 Å². The quantitative estimate of drug-likeness (QED) is 0.127. The van der Waals surface area contributed by atoms with Crippen LogP contribution in [0.2, 0.25) is 0 Å². The highest BCUT2D eigenvalue weighted by atomic mass is 32.2. The minimum Gasteiger partial charge on any atom is -0.497 e. The van der Waals surface area contributed by atoms with Crippen LogP contribution >= 0.6 is 11.8 Å². The molecule has 0 aliphatic rings. The second-order valence-corrected chi connectivity index (χ2v) is 9.37. The van der Waals surface area contributed by atoms with Crippen LogP contribution in [0.4, 0.5) is 4.39 Å². The molecule has 0 fully saturated rings. The van der Waals surface area contributed by atoms with Crippen LogP contribution in [-0.2, 0) is 6.61 Å². The van der Waals surface area contributed by atoms with Crippen molar-refractivity contribution in [1.82, 2.24) is 14.8 Å². The number of halogens is 1. The van der Waals surface area contributed by atoms with Gasteiger partial charge in [0.15, 0.2) is 16.7 Å². The van der Waals surface area contributed by atoms with E-state index in [4.69, 9.17) is 14.2 Å². The zero-order valence-corrected chi connectivity index (χ0v) is 22.0. The molecule has 1 atom stereocenters. The Morgan fingerprint density at radius 1 is 1.05 bits per heavy atom. The Hall–Kier alpha value is -4.12. The van der Waals surface area contributed by atoms with E-state index in [2.05, 4.69) is 10.2 Å². The maximum atomic E-state index is 14.0. The predicted octanol–water partition coefficient (Wildman–Crippen LogP) is 5.81. The van der Waals surface area contributed by atoms with E-state index in [1.165, 1.54) is 17.8 Å². The Bertz CT molecular complexity index is 1400. The summed E-state index contributed by atoms with van der Waals surface area (Å²) in [5.41, 5.74) is 1.88. The van der Waals surface area contributed by atoms with Crippen LogP contribution in [0.3, 0.4) is 0 Å². The molecule has 1 aromatic heterocycles. The van der Waals surface area contributed by atoms with Gasteiger partial charge in [0, 0.05) is 16.2 Å². The van der Waals surface area contributed by atoms with Gasteiger partial charge in [0.1, 0.15) is 29.2 Å². The van der Waals surface area contributed by atoms with E-state index in [9.17, 15) is 14.5 Å². The highest BCUT2D eigenvalue weighted by Gasteiger charge is 2.25. The van der Waals surface area contributed by atoms with Crippen LogP contribution in [0.15, 0.2) is 71.9 Å². The number of hydrogen-bond donors (Lipinski definition) is 0. The van der Waals surface area contributed by atoms with Crippen molar-refractivity contribution in [2.24, 2.45) is 0 Å². The molecule has 0 spiro atoms. The number of thioether (sulfide) groups is 1. The van der Waals surface area contributed by atoms with Gasteiger partial charge in [-0.25, -0.2) is 4.39 Å². The molecule has 9 nitrogen and oxygen atoms in total. The average molecular weight is 539 g/mol. The van der Waals surface area contributed by atoms with Gasteiger partial charge in [-0.2, -0.15) is 0 Å². The van der Waals surface area contributed by atoms with Crippen molar-refractivity contribution in [2.75, 3.05) is 20.3 Å². The smallest absolute Gasteiger partial charge is 0.220 e. The number of methoxy groups -OCH3 is 1. The number of nitro groups is 1. The molecule has 38 heavy (non-hydrogen) atoms. The molecule has 4 rings (SSSR count). The summed E-state index contributed by atoms with van der Waals surface area (Å²) >= 11 is 1.24. The summed E-state index contributed by atoms with van der Waals surface area (Å²) < 4.78 is 32.7. The van der Waals surface area contributed by atoms with Crippen LogP contribution in [0.5, 0.6) is 17.2 Å². The number of rotatable bonds is 12. The fraction of sp³-hybridized carbons (Fsp3) is 0.259. The lowest BCUT2D eigenvalue weighted by Crippen LogP contribution is -2.12. The van der Waals surface area contributed by atoms with E-state index in [1.807, 2.05) is 42.7 Å². The van der Waals surface area contributed by atoms with Gasteiger partial charge in [0.25, 0.3) is 0 Å². The summed E-state index contributed by atoms with van der Waals surface area (Å²) in [5.74, 6) is 1.83. The Morgan fingerprint density at radius 3 is 2.50 bits per heavy atom. The van der Waals surface area contributed by atoms with E-state index >= 15 is 0 Å². The van der Waals surface area contributed by atoms with Crippen LogP contribution < -0.4 is 14.2 Å². The molecule has 0 bridgehead atoms. The molecule has 0 aliphatic carbocycles. The van der Waals surface area contributed by atoms with E-state index in [0.717, 1.165) is 5.69 Å². The third-order valence-electron chi connectivity index (χ3n) is 5.67. The van der Waals surface area contributed by atoms with Crippen LogP contribution in [0.25, 0.3) is 5.69 Å². The van der Waals surface area contributed by atoms with Crippen molar-refractivity contribution in [2.45, 2.75) is 30.9 Å². The third kappa shape index (κ3) is 6.41. The van der Waals surface area contributed by atoms with E-state index in [1.54, 1.807) is 43.5 Å². The Balaban J connectivity index is 1.62. The van der Waals surface area contributed by atoms with Crippen molar-refractivity contribution in [3.63, 3.8) is 0 Å². The number of aryl methyl sites for hydroxylation is 1. The van der Waals surface area contributed by atoms with Crippen molar-refractivity contribution in [3.05, 3.63) is 99.6 Å². The highest BCUT2D eigenvalue weighted by molar-refractivity contribution is 7.99. The summed E-state index contributed by atoms with van der Waals surface area (Å²) in [4.78, 5) is 11.3. The van der Waals surface area contributed by atoms with Crippen LogP contribution in [0.1, 0.15) is 29.1 Å². The van der Waals surface area contributed by atoms with Crippen molar-refractivity contribution < 1.29 is 23.5 Å². The lowest BCUT2D eigenvalue weighted by Gasteiger charge is -2.17. The van der Waals surface area contributed by atoms with Crippen molar-refractivity contribution in [1.29, 1.82) is 0 Å². The third-order valence-corrected chi connectivity index (χ3v) is 6.85. The summed E-state index contributed by atoms with van der Waals surface area (Å²) in [5, 5.41) is 20.0. The first-order chi connectivity index (χ1) is 18.4. The van der Waals surface area contributed by atoms with Gasteiger partial charge < -0.3 is 14.2 Å². The van der Waals surface area contributed by atoms with Crippen molar-refractivity contribution in [3.8, 4) is 22.9 Å². The zero-order chi connectivity index (χ0) is 27.1. The van der Waals surface area contributed by atoms with Crippen molar-refractivity contribution >= 4 is 11.8 Å². The van der Waals surface area contributed by atoms with E-state index in [-0.39, 0.29) is 23.9 Å². The molecule has 0 saturated carbocycles. The molecule has 11 heteroatoms. The molecule has 0 aliphatic heterocycles. The lowest BCUT2D eigenvalue weighted by atomic mass is 10.1. The molecule has 1 heterocycles. The molecular weight excluding hydrogens is 511 g/mol. The fourth-order valence-corrected chi connectivity index (χ4v) is 4.97. The summed E-state index contributed by atoms with van der Waals surface area (Å²) in [6.07, 6.45) is 0. The molecular formula is C27H27FN4O5S. The maximum absolute atomic E-state index is 14.0. The van der Waals surface area contributed by atoms with E-state index in [0.29, 0.717) is 46.0 Å². The number of aromatic nitrogens is 3. The maximum Gasteiger partial charge on any atom is 0.220 e. The first-order valence-corrected chi connectivity index (χ1v) is 12.8. The molecule has 0 saturated heterocycles. The van der Waals surface area contributed by atoms with Gasteiger partial charge in [0.05, 0.1) is 13.7 Å². The average Bonchev–Trinajstić information content (AvgIpc) is 3.28. The summed E-state index contributed by atoms with van der Waals surface area (Å²) in [7, 11) is 1.59. The minimum atomic E-state index is -0.592. The first-order valence-electron chi connectivity index (χ1n) is 11.9. The second-order valence-electron chi connectivity index (χ2n) is 8.20. The highest BCUT2D eigenvalue weighted by Crippen LogP contribution is 2.40. The summed E-state index contributed by atoms with van der Waals surface area (Å²) in [6, 6.07) is 18.9.